The minimum Gasteiger partial charge on any atom is -0.495 e. The highest BCUT2D eigenvalue weighted by Gasteiger charge is 2.28. The number of benzene rings is 1. The highest BCUT2D eigenvalue weighted by atomic mass is 16.5. The summed E-state index contributed by atoms with van der Waals surface area (Å²) in [6.45, 7) is 1.55. The Morgan fingerprint density at radius 1 is 1.44 bits per heavy atom. The predicted molar refractivity (Wildman–Crippen MR) is 62.8 cm³/mol. The van der Waals surface area contributed by atoms with Crippen LogP contribution in [0.15, 0.2) is 24.3 Å². The standard InChI is InChI=1S/C12H16N2O2/c1-14(12(15)9-7-13-8-9)10-5-3-4-6-11(10)16-2/h3-6,9,13H,7-8H2,1-2H3. The Bertz CT molecular complexity index is 388. The maximum Gasteiger partial charge on any atom is 0.232 e. The number of nitrogens with zero attached hydrogens (tertiary/aromatic N) is 1. The molecule has 0 atom stereocenters. The van der Waals surface area contributed by atoms with Gasteiger partial charge >= 0.3 is 0 Å². The van der Waals surface area contributed by atoms with Gasteiger partial charge in [0.05, 0.1) is 18.7 Å². The van der Waals surface area contributed by atoms with Crippen LogP contribution in [0.5, 0.6) is 5.75 Å². The van der Waals surface area contributed by atoms with Crippen molar-refractivity contribution in [3.8, 4) is 5.75 Å². The molecule has 1 heterocycles. The van der Waals surface area contributed by atoms with Gasteiger partial charge in [-0.2, -0.15) is 0 Å². The fraction of sp³-hybridized carbons (Fsp3) is 0.417. The van der Waals surface area contributed by atoms with Crippen LogP contribution in [0.2, 0.25) is 0 Å². The summed E-state index contributed by atoms with van der Waals surface area (Å²) in [7, 11) is 3.40. The topological polar surface area (TPSA) is 41.6 Å². The Balaban J connectivity index is 2.18. The summed E-state index contributed by atoms with van der Waals surface area (Å²) in [5.74, 6) is 0.976. The van der Waals surface area contributed by atoms with Gasteiger partial charge in [-0.15, -0.1) is 0 Å². The smallest absolute Gasteiger partial charge is 0.232 e. The number of hydrogen-bond donors (Lipinski definition) is 1. The number of amides is 1. The lowest BCUT2D eigenvalue weighted by atomic mass is 10.0. The first-order valence-corrected chi connectivity index (χ1v) is 5.35. The van der Waals surface area contributed by atoms with Gasteiger partial charge in [0.15, 0.2) is 0 Å². The van der Waals surface area contributed by atoms with E-state index in [-0.39, 0.29) is 11.8 Å². The molecule has 1 aromatic rings. The van der Waals surface area contributed by atoms with Gasteiger partial charge in [0.2, 0.25) is 5.91 Å². The molecule has 4 nitrogen and oxygen atoms in total. The highest BCUT2D eigenvalue weighted by molar-refractivity contribution is 5.96. The average molecular weight is 220 g/mol. The molecule has 0 bridgehead atoms. The van der Waals surface area contributed by atoms with Crippen molar-refractivity contribution in [2.75, 3.05) is 32.1 Å². The van der Waals surface area contributed by atoms with Crippen LogP contribution in [0.4, 0.5) is 5.69 Å². The zero-order valence-electron chi connectivity index (χ0n) is 9.56. The van der Waals surface area contributed by atoms with E-state index in [1.54, 1.807) is 19.1 Å². The SMILES string of the molecule is COc1ccccc1N(C)C(=O)C1CNC1. The summed E-state index contributed by atoms with van der Waals surface area (Å²) in [6.07, 6.45) is 0. The molecule has 1 aliphatic heterocycles. The van der Waals surface area contributed by atoms with E-state index in [9.17, 15) is 4.79 Å². The molecule has 0 aromatic heterocycles. The highest BCUT2D eigenvalue weighted by Crippen LogP contribution is 2.27. The summed E-state index contributed by atoms with van der Waals surface area (Å²) in [4.78, 5) is 13.7. The van der Waals surface area contributed by atoms with Gasteiger partial charge in [0, 0.05) is 20.1 Å². The number of carbonyl (C=O) groups excluding carboxylic acids is 1. The largest absolute Gasteiger partial charge is 0.495 e. The number of methoxy groups -OCH3 is 1. The molecular weight excluding hydrogens is 204 g/mol. The van der Waals surface area contributed by atoms with E-state index in [0.29, 0.717) is 0 Å². The quantitative estimate of drug-likeness (QED) is 0.822. The third-order valence-corrected chi connectivity index (χ3v) is 2.91. The Labute approximate surface area is 95.2 Å². The molecule has 1 fully saturated rings. The van der Waals surface area contributed by atoms with Crippen LogP contribution >= 0.6 is 0 Å². The molecule has 0 saturated carbocycles. The first-order chi connectivity index (χ1) is 7.74. The summed E-state index contributed by atoms with van der Waals surface area (Å²) in [6, 6.07) is 7.55. The summed E-state index contributed by atoms with van der Waals surface area (Å²) >= 11 is 0. The van der Waals surface area contributed by atoms with Gasteiger partial charge in [-0.25, -0.2) is 0 Å². The molecule has 0 unspecified atom stereocenters. The molecule has 0 radical (unpaired) electrons. The van der Waals surface area contributed by atoms with Crippen LogP contribution in [0.25, 0.3) is 0 Å². The van der Waals surface area contributed by atoms with Crippen molar-refractivity contribution in [2.24, 2.45) is 5.92 Å². The van der Waals surface area contributed by atoms with Gasteiger partial charge in [-0.1, -0.05) is 12.1 Å². The third-order valence-electron chi connectivity index (χ3n) is 2.91. The maximum absolute atomic E-state index is 12.0. The van der Waals surface area contributed by atoms with Crippen molar-refractivity contribution >= 4 is 11.6 Å². The fourth-order valence-corrected chi connectivity index (χ4v) is 1.76. The minimum atomic E-state index is 0.106. The summed E-state index contributed by atoms with van der Waals surface area (Å²) in [5.41, 5.74) is 0.821. The number of ether oxygens (including phenoxy) is 1. The lowest BCUT2D eigenvalue weighted by Crippen LogP contribution is -2.51. The second-order valence-electron chi connectivity index (χ2n) is 3.92. The van der Waals surface area contributed by atoms with Crippen LogP contribution in [0.1, 0.15) is 0 Å². The maximum atomic E-state index is 12.0. The van der Waals surface area contributed by atoms with Gasteiger partial charge < -0.3 is 15.0 Å². The Kier molecular flexibility index (Phi) is 3.10. The molecule has 1 amide bonds. The van der Waals surface area contributed by atoms with Gasteiger partial charge in [0.1, 0.15) is 5.75 Å². The van der Waals surface area contributed by atoms with E-state index in [2.05, 4.69) is 5.32 Å². The number of rotatable bonds is 3. The fourth-order valence-electron chi connectivity index (χ4n) is 1.76. The molecule has 1 aromatic carbocycles. The van der Waals surface area contributed by atoms with Crippen LogP contribution in [0, 0.1) is 5.92 Å². The average Bonchev–Trinajstić information content (AvgIpc) is 2.25. The number of carbonyl (C=O) groups is 1. The Hall–Kier alpha value is -1.55. The van der Waals surface area contributed by atoms with E-state index in [0.717, 1.165) is 24.5 Å². The molecule has 16 heavy (non-hydrogen) atoms. The van der Waals surface area contributed by atoms with Crippen molar-refractivity contribution < 1.29 is 9.53 Å². The van der Waals surface area contributed by atoms with Crippen molar-refractivity contribution in [2.45, 2.75) is 0 Å². The second-order valence-corrected chi connectivity index (χ2v) is 3.92. The van der Waals surface area contributed by atoms with Crippen LogP contribution in [-0.2, 0) is 4.79 Å². The molecule has 0 spiro atoms. The summed E-state index contributed by atoms with van der Waals surface area (Å²) < 4.78 is 5.24. The molecule has 86 valence electrons. The zero-order valence-corrected chi connectivity index (χ0v) is 9.56. The van der Waals surface area contributed by atoms with Crippen LogP contribution < -0.4 is 15.0 Å². The normalized spacial score (nSPS) is 15.4. The molecule has 4 heteroatoms. The van der Waals surface area contributed by atoms with Crippen LogP contribution in [-0.4, -0.2) is 33.2 Å². The number of anilines is 1. The van der Waals surface area contributed by atoms with E-state index in [1.807, 2.05) is 24.3 Å². The first kappa shape index (κ1) is 11.0. The van der Waals surface area contributed by atoms with E-state index < -0.39 is 0 Å². The Morgan fingerprint density at radius 2 is 2.12 bits per heavy atom. The van der Waals surface area contributed by atoms with Gasteiger partial charge in [-0.3, -0.25) is 4.79 Å². The molecule has 0 aliphatic carbocycles. The lowest BCUT2D eigenvalue weighted by molar-refractivity contribution is -0.123. The molecule has 1 N–H and O–H groups in total. The molecule has 1 aliphatic rings. The van der Waals surface area contributed by atoms with Crippen molar-refractivity contribution in [1.29, 1.82) is 0 Å². The monoisotopic (exact) mass is 220 g/mol. The number of nitrogens with one attached hydrogen (secondary N) is 1. The minimum absolute atomic E-state index is 0.106. The molecule has 1 saturated heterocycles. The zero-order chi connectivity index (χ0) is 11.5. The second kappa shape index (κ2) is 4.53. The lowest BCUT2D eigenvalue weighted by Gasteiger charge is -2.30. The van der Waals surface area contributed by atoms with Crippen molar-refractivity contribution in [1.82, 2.24) is 5.32 Å². The van der Waals surface area contributed by atoms with E-state index >= 15 is 0 Å². The predicted octanol–water partition coefficient (Wildman–Crippen LogP) is 0.877. The van der Waals surface area contributed by atoms with Crippen molar-refractivity contribution in [3.05, 3.63) is 24.3 Å². The van der Waals surface area contributed by atoms with Gasteiger partial charge in [-0.05, 0) is 12.1 Å². The van der Waals surface area contributed by atoms with E-state index in [1.165, 1.54) is 0 Å². The van der Waals surface area contributed by atoms with E-state index in [4.69, 9.17) is 4.74 Å². The van der Waals surface area contributed by atoms with Crippen molar-refractivity contribution in [3.63, 3.8) is 0 Å². The molecule has 2 rings (SSSR count). The third kappa shape index (κ3) is 1.88. The van der Waals surface area contributed by atoms with Crippen LogP contribution in [0.3, 0.4) is 0 Å². The van der Waals surface area contributed by atoms with Gasteiger partial charge in [0.25, 0.3) is 0 Å². The Morgan fingerprint density at radius 3 is 2.69 bits per heavy atom. The number of hydrogen-bond acceptors (Lipinski definition) is 3. The first-order valence-electron chi connectivity index (χ1n) is 5.35. The molecular formula is C12H16N2O2. The summed E-state index contributed by atoms with van der Waals surface area (Å²) in [5, 5.41) is 3.10. The number of para-hydroxylation sites is 2.